The van der Waals surface area contributed by atoms with Crippen molar-refractivity contribution in [2.75, 3.05) is 26.4 Å². The van der Waals surface area contributed by atoms with Gasteiger partial charge in [0, 0.05) is 13.0 Å². The van der Waals surface area contributed by atoms with E-state index in [1.54, 1.807) is 0 Å². The van der Waals surface area contributed by atoms with E-state index in [2.05, 4.69) is 67.0 Å². The van der Waals surface area contributed by atoms with E-state index in [1.165, 1.54) is 57.8 Å². The molecule has 4 N–H and O–H groups in total. The number of hydrogen-bond acceptors (Lipinski definition) is 8. The Morgan fingerprint density at radius 2 is 1.14 bits per heavy atom. The molecule has 0 amide bonds. The molecule has 0 aliphatic rings. The first-order valence-corrected chi connectivity index (χ1v) is 21.2. The zero-order valence-electron chi connectivity index (χ0n) is 31.9. The SMILES string of the molecule is CC/C=C\C/C=C\C/C=C\C/C=C\CCCCCCCCCCC(=O)OC(COCCCCCCCCCC)COP(=O)(O)OCC(N)C(=O)O. The minimum absolute atomic E-state index is 0.0131. The van der Waals surface area contributed by atoms with Crippen molar-refractivity contribution < 1.29 is 42.7 Å². The summed E-state index contributed by atoms with van der Waals surface area (Å²) in [5.41, 5.74) is 5.33. The van der Waals surface area contributed by atoms with Crippen LogP contribution in [0.15, 0.2) is 48.6 Å². The number of nitrogens with two attached hydrogens (primary N) is 1. The molecule has 0 saturated heterocycles. The third-order valence-electron chi connectivity index (χ3n) is 8.12. The molecule has 0 saturated carbocycles. The number of ether oxygens (including phenoxy) is 2. The third kappa shape index (κ3) is 36.1. The number of phosphoric acid groups is 1. The highest BCUT2D eigenvalue weighted by Gasteiger charge is 2.27. The fourth-order valence-corrected chi connectivity index (χ4v) is 5.84. The lowest BCUT2D eigenvalue weighted by molar-refractivity contribution is -0.154. The fourth-order valence-electron chi connectivity index (χ4n) is 5.06. The van der Waals surface area contributed by atoms with Gasteiger partial charge in [0.2, 0.25) is 0 Å². The van der Waals surface area contributed by atoms with Crippen LogP contribution in [0.25, 0.3) is 0 Å². The summed E-state index contributed by atoms with van der Waals surface area (Å²) in [7, 11) is -4.61. The van der Waals surface area contributed by atoms with E-state index in [-0.39, 0.29) is 13.0 Å². The molecule has 0 fully saturated rings. The molecule has 0 rings (SSSR count). The Labute approximate surface area is 309 Å². The number of carboxylic acids is 1. The van der Waals surface area contributed by atoms with Crippen molar-refractivity contribution in [1.82, 2.24) is 0 Å². The second-order valence-electron chi connectivity index (χ2n) is 13.0. The van der Waals surface area contributed by atoms with Crippen LogP contribution in [-0.2, 0) is 32.7 Å². The molecule has 11 heteroatoms. The van der Waals surface area contributed by atoms with Crippen molar-refractivity contribution in [3.8, 4) is 0 Å². The van der Waals surface area contributed by atoms with Crippen molar-refractivity contribution >= 4 is 19.8 Å². The molecule has 0 radical (unpaired) electrons. The minimum Gasteiger partial charge on any atom is -0.480 e. The molecule has 3 unspecified atom stereocenters. The maximum atomic E-state index is 12.6. The zero-order valence-corrected chi connectivity index (χ0v) is 32.8. The number of unbranched alkanes of at least 4 members (excludes halogenated alkanes) is 15. The maximum Gasteiger partial charge on any atom is 0.472 e. The van der Waals surface area contributed by atoms with Gasteiger partial charge in [0.15, 0.2) is 0 Å². The molecular formula is C40H72NO9P. The van der Waals surface area contributed by atoms with Gasteiger partial charge in [-0.25, -0.2) is 4.57 Å². The molecular weight excluding hydrogens is 669 g/mol. The Kier molecular flexibility index (Phi) is 34.8. The van der Waals surface area contributed by atoms with E-state index in [9.17, 15) is 19.0 Å². The van der Waals surface area contributed by atoms with Crippen LogP contribution < -0.4 is 5.73 Å². The molecule has 10 nitrogen and oxygen atoms in total. The lowest BCUT2D eigenvalue weighted by Crippen LogP contribution is -2.34. The lowest BCUT2D eigenvalue weighted by Gasteiger charge is -2.20. The quantitative estimate of drug-likeness (QED) is 0.0242. The normalized spacial score (nSPS) is 14.6. The molecule has 0 aliphatic carbocycles. The molecule has 0 bridgehead atoms. The summed E-state index contributed by atoms with van der Waals surface area (Å²) in [6, 6.07) is -1.47. The van der Waals surface area contributed by atoms with Gasteiger partial charge in [0.1, 0.15) is 12.1 Å². The molecule has 0 aromatic heterocycles. The van der Waals surface area contributed by atoms with E-state index in [1.807, 2.05) is 0 Å². The first kappa shape index (κ1) is 48.9. The second kappa shape index (κ2) is 36.3. The average Bonchev–Trinajstić information content (AvgIpc) is 3.10. The second-order valence-corrected chi connectivity index (χ2v) is 14.5. The van der Waals surface area contributed by atoms with Gasteiger partial charge >= 0.3 is 19.8 Å². The van der Waals surface area contributed by atoms with Gasteiger partial charge in [-0.1, -0.05) is 146 Å². The zero-order chi connectivity index (χ0) is 37.7. The van der Waals surface area contributed by atoms with E-state index in [0.29, 0.717) is 13.0 Å². The van der Waals surface area contributed by atoms with E-state index in [4.69, 9.17) is 24.8 Å². The largest absolute Gasteiger partial charge is 0.480 e. The van der Waals surface area contributed by atoms with Crippen LogP contribution in [0.1, 0.15) is 155 Å². The van der Waals surface area contributed by atoms with Crippen molar-refractivity contribution in [1.29, 1.82) is 0 Å². The number of aliphatic carboxylic acids is 1. The summed E-state index contributed by atoms with van der Waals surface area (Å²) in [5, 5.41) is 8.85. The van der Waals surface area contributed by atoms with Gasteiger partial charge in [-0.2, -0.15) is 0 Å². The fraction of sp³-hybridized carbons (Fsp3) is 0.750. The Morgan fingerprint density at radius 3 is 1.71 bits per heavy atom. The third-order valence-corrected chi connectivity index (χ3v) is 9.07. The van der Waals surface area contributed by atoms with Crippen LogP contribution in [0.5, 0.6) is 0 Å². The van der Waals surface area contributed by atoms with Gasteiger partial charge in [0.05, 0.1) is 19.8 Å². The van der Waals surface area contributed by atoms with E-state index in [0.717, 1.165) is 70.6 Å². The molecule has 3 atom stereocenters. The molecule has 0 aromatic rings. The molecule has 0 heterocycles. The van der Waals surface area contributed by atoms with Crippen molar-refractivity contribution in [2.45, 2.75) is 167 Å². The Hall–Kier alpha value is -2.07. The first-order chi connectivity index (χ1) is 24.7. The molecule has 0 aromatic carbocycles. The summed E-state index contributed by atoms with van der Waals surface area (Å²) in [4.78, 5) is 33.4. The Morgan fingerprint density at radius 1 is 0.647 bits per heavy atom. The highest BCUT2D eigenvalue weighted by Crippen LogP contribution is 2.43. The van der Waals surface area contributed by atoms with E-state index >= 15 is 0 Å². The van der Waals surface area contributed by atoms with Crippen LogP contribution in [0.3, 0.4) is 0 Å². The highest BCUT2D eigenvalue weighted by molar-refractivity contribution is 7.47. The monoisotopic (exact) mass is 741 g/mol. The number of allylic oxidation sites excluding steroid dienone is 8. The summed E-state index contributed by atoms with van der Waals surface area (Å²) < 4.78 is 33.1. The highest BCUT2D eigenvalue weighted by atomic mass is 31.2. The summed E-state index contributed by atoms with van der Waals surface area (Å²) >= 11 is 0. The lowest BCUT2D eigenvalue weighted by atomic mass is 10.1. The number of rotatable bonds is 37. The Balaban J connectivity index is 4.19. The summed E-state index contributed by atoms with van der Waals surface area (Å²) in [6.45, 7) is 3.71. The smallest absolute Gasteiger partial charge is 0.472 e. The summed E-state index contributed by atoms with van der Waals surface area (Å²) in [5.74, 6) is -1.79. The minimum atomic E-state index is -4.61. The standard InChI is InChI=1S/C40H72NO9P/c1-3-5-7-9-11-13-14-15-16-17-18-19-20-21-22-23-24-25-26-28-30-32-39(42)50-37(34-47-33-31-29-27-12-10-8-6-4-2)35-48-51(45,46)49-36-38(41)40(43)44/h5,7,11,13,15-16,18-19,37-38H,3-4,6,8-10,12,14,17,20-36,41H2,1-2H3,(H,43,44)(H,45,46)/b7-5-,13-11-,16-15-,19-18-. The predicted octanol–water partition coefficient (Wildman–Crippen LogP) is 10.3. The number of phosphoric ester groups is 1. The number of carbonyl (C=O) groups excluding carboxylic acids is 1. The van der Waals surface area contributed by atoms with Crippen LogP contribution in [0, 0.1) is 0 Å². The number of carboxylic acid groups (broad SMARTS) is 1. The van der Waals surface area contributed by atoms with Crippen LogP contribution in [-0.4, -0.2) is 60.5 Å². The Bertz CT molecular complexity index is 998. The topological polar surface area (TPSA) is 155 Å². The number of carbonyl (C=O) groups is 2. The van der Waals surface area contributed by atoms with Gasteiger partial charge in [-0.15, -0.1) is 0 Å². The number of hydrogen-bond donors (Lipinski definition) is 3. The average molecular weight is 742 g/mol. The molecule has 0 aliphatic heterocycles. The van der Waals surface area contributed by atoms with Gasteiger partial charge in [-0.05, 0) is 51.4 Å². The molecule has 0 spiro atoms. The predicted molar refractivity (Wildman–Crippen MR) is 208 cm³/mol. The molecule has 51 heavy (non-hydrogen) atoms. The van der Waals surface area contributed by atoms with Gasteiger partial charge in [-0.3, -0.25) is 18.6 Å². The van der Waals surface area contributed by atoms with Crippen LogP contribution in [0.4, 0.5) is 0 Å². The van der Waals surface area contributed by atoms with Crippen molar-refractivity contribution in [3.63, 3.8) is 0 Å². The van der Waals surface area contributed by atoms with E-state index < -0.39 is 45.1 Å². The number of esters is 1. The van der Waals surface area contributed by atoms with Crippen LogP contribution >= 0.6 is 7.82 Å². The van der Waals surface area contributed by atoms with Crippen LogP contribution in [0.2, 0.25) is 0 Å². The summed E-state index contributed by atoms with van der Waals surface area (Å²) in [6.07, 6.45) is 40.3. The first-order valence-electron chi connectivity index (χ1n) is 19.7. The van der Waals surface area contributed by atoms with Crippen molar-refractivity contribution in [3.05, 3.63) is 48.6 Å². The molecule has 296 valence electrons. The van der Waals surface area contributed by atoms with Crippen molar-refractivity contribution in [2.24, 2.45) is 5.73 Å². The van der Waals surface area contributed by atoms with Gasteiger partial charge < -0.3 is 25.2 Å². The van der Waals surface area contributed by atoms with Gasteiger partial charge in [0.25, 0.3) is 0 Å². The maximum absolute atomic E-state index is 12.6.